The number of nitrogen functional groups attached to an aromatic ring is 1. The Labute approximate surface area is 91.6 Å². The van der Waals surface area contributed by atoms with Gasteiger partial charge in [-0.05, 0) is 18.2 Å². The molecule has 4 nitrogen and oxygen atoms in total. The summed E-state index contributed by atoms with van der Waals surface area (Å²) in [4.78, 5) is 3.77. The molecule has 0 bridgehead atoms. The van der Waals surface area contributed by atoms with Crippen LogP contribution in [0, 0.1) is 0 Å². The largest absolute Gasteiger partial charge is 0.483 e. The molecular formula is C10H9ClN2O2. The van der Waals surface area contributed by atoms with E-state index in [9.17, 15) is 0 Å². The van der Waals surface area contributed by atoms with Crippen LogP contribution in [0.25, 0.3) is 0 Å². The van der Waals surface area contributed by atoms with Gasteiger partial charge in [0.1, 0.15) is 12.4 Å². The lowest BCUT2D eigenvalue weighted by Crippen LogP contribution is -1.97. The minimum Gasteiger partial charge on any atom is -0.483 e. The summed E-state index contributed by atoms with van der Waals surface area (Å²) in [6.45, 7) is 0.297. The molecule has 2 N–H and O–H groups in total. The van der Waals surface area contributed by atoms with Gasteiger partial charge < -0.3 is 14.9 Å². The summed E-state index contributed by atoms with van der Waals surface area (Å²) < 4.78 is 10.4. The second kappa shape index (κ2) is 4.23. The summed E-state index contributed by atoms with van der Waals surface area (Å²) in [6, 6.07) is 5.07. The predicted octanol–water partition coefficient (Wildman–Crippen LogP) is 2.49. The van der Waals surface area contributed by atoms with E-state index in [0.29, 0.717) is 28.8 Å². The topological polar surface area (TPSA) is 61.3 Å². The minimum absolute atomic E-state index is 0.297. The summed E-state index contributed by atoms with van der Waals surface area (Å²) in [5.74, 6) is 1.22. The van der Waals surface area contributed by atoms with Crippen LogP contribution in [-0.4, -0.2) is 4.98 Å². The summed E-state index contributed by atoms with van der Waals surface area (Å²) >= 11 is 5.75. The van der Waals surface area contributed by atoms with Gasteiger partial charge in [0.25, 0.3) is 0 Å². The first kappa shape index (κ1) is 9.86. The van der Waals surface area contributed by atoms with Gasteiger partial charge in [-0.2, -0.15) is 0 Å². The van der Waals surface area contributed by atoms with Crippen LogP contribution in [0.4, 0.5) is 5.69 Å². The quantitative estimate of drug-likeness (QED) is 0.814. The summed E-state index contributed by atoms with van der Waals surface area (Å²) in [5.41, 5.74) is 6.21. The molecule has 0 amide bonds. The van der Waals surface area contributed by atoms with E-state index in [4.69, 9.17) is 26.5 Å². The Morgan fingerprint density at radius 3 is 3.00 bits per heavy atom. The molecule has 0 radical (unpaired) electrons. The number of oxazole rings is 1. The van der Waals surface area contributed by atoms with Crippen LogP contribution in [0.3, 0.4) is 0 Å². The normalized spacial score (nSPS) is 10.2. The molecule has 1 heterocycles. The molecule has 5 heteroatoms. The fourth-order valence-corrected chi connectivity index (χ4v) is 1.29. The third-order valence-corrected chi connectivity index (χ3v) is 2.06. The van der Waals surface area contributed by atoms with E-state index < -0.39 is 0 Å². The maximum Gasteiger partial charge on any atom is 0.181 e. The van der Waals surface area contributed by atoms with Gasteiger partial charge in [0.15, 0.2) is 12.2 Å². The number of nitrogens with two attached hydrogens (primary N) is 1. The number of benzene rings is 1. The maximum absolute atomic E-state index is 5.75. The molecule has 2 aromatic rings. The molecule has 0 saturated carbocycles. The third kappa shape index (κ3) is 2.41. The lowest BCUT2D eigenvalue weighted by Gasteiger charge is -2.06. The van der Waals surface area contributed by atoms with E-state index in [1.54, 1.807) is 24.4 Å². The molecule has 0 aliphatic carbocycles. The molecule has 0 atom stereocenters. The molecule has 0 spiro atoms. The number of halogens is 1. The van der Waals surface area contributed by atoms with Crippen molar-refractivity contribution >= 4 is 17.3 Å². The Bertz CT molecular complexity index is 443. The van der Waals surface area contributed by atoms with E-state index in [1.807, 2.05) is 0 Å². The molecule has 0 unspecified atom stereocenters. The number of ether oxygens (including phenoxy) is 1. The molecule has 1 aromatic heterocycles. The first-order chi connectivity index (χ1) is 7.25. The molecule has 0 aliphatic heterocycles. The van der Waals surface area contributed by atoms with Crippen molar-refractivity contribution in [2.75, 3.05) is 5.73 Å². The van der Waals surface area contributed by atoms with Crippen LogP contribution in [-0.2, 0) is 6.61 Å². The van der Waals surface area contributed by atoms with Gasteiger partial charge in [0.2, 0.25) is 0 Å². The van der Waals surface area contributed by atoms with Crippen molar-refractivity contribution in [3.8, 4) is 5.75 Å². The first-order valence-corrected chi connectivity index (χ1v) is 4.68. The highest BCUT2D eigenvalue weighted by molar-refractivity contribution is 6.30. The third-order valence-electron chi connectivity index (χ3n) is 1.83. The number of aromatic nitrogens is 1. The van der Waals surface area contributed by atoms with Gasteiger partial charge in [-0.3, -0.25) is 0 Å². The zero-order chi connectivity index (χ0) is 10.7. The Balaban J connectivity index is 2.05. The van der Waals surface area contributed by atoms with Gasteiger partial charge in [-0.1, -0.05) is 11.6 Å². The van der Waals surface area contributed by atoms with E-state index in [0.717, 1.165) is 0 Å². The second-order valence-corrected chi connectivity index (χ2v) is 3.38. The minimum atomic E-state index is 0.297. The Hall–Kier alpha value is -1.68. The van der Waals surface area contributed by atoms with Crippen LogP contribution < -0.4 is 10.5 Å². The number of rotatable bonds is 3. The highest BCUT2D eigenvalue weighted by Crippen LogP contribution is 2.25. The fourth-order valence-electron chi connectivity index (χ4n) is 1.11. The Kier molecular flexibility index (Phi) is 2.78. The molecule has 0 aliphatic rings. The average Bonchev–Trinajstić information content (AvgIpc) is 2.69. The summed E-state index contributed by atoms with van der Waals surface area (Å²) in [6.07, 6.45) is 2.94. The van der Waals surface area contributed by atoms with Gasteiger partial charge in [-0.15, -0.1) is 0 Å². The Morgan fingerprint density at radius 2 is 2.33 bits per heavy atom. The lowest BCUT2D eigenvalue weighted by atomic mass is 10.3. The van der Waals surface area contributed by atoms with E-state index in [1.165, 1.54) is 6.39 Å². The van der Waals surface area contributed by atoms with E-state index >= 15 is 0 Å². The molecule has 15 heavy (non-hydrogen) atoms. The van der Waals surface area contributed by atoms with Crippen LogP contribution in [0.5, 0.6) is 5.75 Å². The van der Waals surface area contributed by atoms with Crippen LogP contribution in [0.15, 0.2) is 35.2 Å². The number of nitrogens with zero attached hydrogens (tertiary/aromatic N) is 1. The monoisotopic (exact) mass is 224 g/mol. The Morgan fingerprint density at radius 1 is 1.47 bits per heavy atom. The summed E-state index contributed by atoms with van der Waals surface area (Å²) in [7, 11) is 0. The van der Waals surface area contributed by atoms with Crippen LogP contribution in [0.1, 0.15) is 5.76 Å². The van der Waals surface area contributed by atoms with Gasteiger partial charge >= 0.3 is 0 Å². The second-order valence-electron chi connectivity index (χ2n) is 2.94. The molecule has 0 fully saturated rings. The van der Waals surface area contributed by atoms with Gasteiger partial charge in [-0.25, -0.2) is 4.98 Å². The number of hydrogen-bond donors (Lipinski definition) is 1. The van der Waals surface area contributed by atoms with Gasteiger partial charge in [0, 0.05) is 5.02 Å². The van der Waals surface area contributed by atoms with Crippen molar-refractivity contribution in [2.24, 2.45) is 0 Å². The molecule has 1 aromatic carbocycles. The van der Waals surface area contributed by atoms with Crippen LogP contribution >= 0.6 is 11.6 Å². The standard InChI is InChI=1S/C10H9ClN2O2/c11-7-1-2-10(9(12)3-7)14-5-8-4-13-6-15-8/h1-4,6H,5,12H2. The average molecular weight is 225 g/mol. The number of hydrogen-bond acceptors (Lipinski definition) is 4. The maximum atomic E-state index is 5.75. The molecule has 2 rings (SSSR count). The highest BCUT2D eigenvalue weighted by atomic mass is 35.5. The van der Waals surface area contributed by atoms with Gasteiger partial charge in [0.05, 0.1) is 11.9 Å². The highest BCUT2D eigenvalue weighted by Gasteiger charge is 2.03. The molecule has 0 saturated heterocycles. The lowest BCUT2D eigenvalue weighted by molar-refractivity contribution is 0.271. The van der Waals surface area contributed by atoms with Crippen molar-refractivity contribution in [3.05, 3.63) is 41.6 Å². The predicted molar refractivity (Wildman–Crippen MR) is 56.7 cm³/mol. The number of anilines is 1. The molecular weight excluding hydrogens is 216 g/mol. The SMILES string of the molecule is Nc1cc(Cl)ccc1OCc1cnco1. The first-order valence-electron chi connectivity index (χ1n) is 4.31. The smallest absolute Gasteiger partial charge is 0.181 e. The fraction of sp³-hybridized carbons (Fsp3) is 0.100. The van der Waals surface area contributed by atoms with Crippen molar-refractivity contribution in [1.29, 1.82) is 0 Å². The van der Waals surface area contributed by atoms with Crippen molar-refractivity contribution in [3.63, 3.8) is 0 Å². The van der Waals surface area contributed by atoms with E-state index in [-0.39, 0.29) is 0 Å². The van der Waals surface area contributed by atoms with E-state index in [2.05, 4.69) is 4.98 Å². The van der Waals surface area contributed by atoms with Crippen molar-refractivity contribution < 1.29 is 9.15 Å². The zero-order valence-electron chi connectivity index (χ0n) is 7.81. The van der Waals surface area contributed by atoms with Crippen molar-refractivity contribution in [1.82, 2.24) is 4.98 Å². The zero-order valence-corrected chi connectivity index (χ0v) is 8.57. The van der Waals surface area contributed by atoms with Crippen LogP contribution in [0.2, 0.25) is 5.02 Å². The molecule has 78 valence electrons. The van der Waals surface area contributed by atoms with Crippen molar-refractivity contribution in [2.45, 2.75) is 6.61 Å². The summed E-state index contributed by atoms with van der Waals surface area (Å²) in [5, 5.41) is 0.583.